The van der Waals surface area contributed by atoms with Crippen LogP contribution in [0.25, 0.3) is 10.9 Å². The molecule has 0 aliphatic carbocycles. The largest absolute Gasteiger partial charge is 0.489 e. The molecule has 2 aromatic carbocycles. The molecule has 0 aliphatic rings. The number of aliphatic hydroxyl groups excluding tert-OH is 1. The van der Waals surface area contributed by atoms with Crippen molar-refractivity contribution in [3.63, 3.8) is 0 Å². The molecule has 1 aromatic heterocycles. The summed E-state index contributed by atoms with van der Waals surface area (Å²) in [5.41, 5.74) is 0.418. The van der Waals surface area contributed by atoms with Gasteiger partial charge in [0.15, 0.2) is 0 Å². The summed E-state index contributed by atoms with van der Waals surface area (Å²) in [7, 11) is 0. The average Bonchev–Trinajstić information content (AvgIpc) is 2.57. The van der Waals surface area contributed by atoms with Crippen molar-refractivity contribution in [1.29, 1.82) is 0 Å². The van der Waals surface area contributed by atoms with E-state index in [1.165, 1.54) is 10.9 Å². The third kappa shape index (κ3) is 3.70. The zero-order valence-electron chi connectivity index (χ0n) is 12.5. The topological polar surface area (TPSA) is 64.4 Å². The van der Waals surface area contributed by atoms with Crippen molar-refractivity contribution in [3.8, 4) is 5.75 Å². The minimum absolute atomic E-state index is 0.0133. The maximum atomic E-state index is 12.4. The molecule has 1 N–H and O–H groups in total. The molecule has 0 radical (unpaired) electrons. The number of nitrogens with zero attached hydrogens (tertiary/aromatic N) is 2. The number of hydrogen-bond acceptors (Lipinski definition) is 4. The van der Waals surface area contributed by atoms with Crippen LogP contribution in [-0.4, -0.2) is 27.4 Å². The highest BCUT2D eigenvalue weighted by molar-refractivity contribution is 6.35. The zero-order chi connectivity index (χ0) is 17.1. The number of halogens is 2. The van der Waals surface area contributed by atoms with Crippen LogP contribution in [0.4, 0.5) is 0 Å². The fraction of sp³-hybridized carbons (Fsp3) is 0.176. The van der Waals surface area contributed by atoms with Gasteiger partial charge in [0.2, 0.25) is 0 Å². The van der Waals surface area contributed by atoms with E-state index in [0.29, 0.717) is 26.7 Å². The lowest BCUT2D eigenvalue weighted by atomic mass is 10.2. The molecule has 0 aliphatic heterocycles. The highest BCUT2D eigenvalue weighted by atomic mass is 35.5. The van der Waals surface area contributed by atoms with E-state index in [1.54, 1.807) is 36.4 Å². The lowest BCUT2D eigenvalue weighted by Crippen LogP contribution is -2.30. The van der Waals surface area contributed by atoms with Crippen LogP contribution in [0, 0.1) is 0 Å². The molecule has 0 saturated heterocycles. The number of rotatable bonds is 5. The first-order valence-corrected chi connectivity index (χ1v) is 8.00. The minimum atomic E-state index is -0.891. The van der Waals surface area contributed by atoms with E-state index >= 15 is 0 Å². The predicted molar refractivity (Wildman–Crippen MR) is 94.0 cm³/mol. The van der Waals surface area contributed by atoms with Gasteiger partial charge in [0, 0.05) is 5.02 Å². The maximum absolute atomic E-state index is 12.4. The third-order valence-electron chi connectivity index (χ3n) is 3.46. The van der Waals surface area contributed by atoms with E-state index in [2.05, 4.69) is 4.98 Å². The number of para-hydroxylation sites is 1. The first-order valence-electron chi connectivity index (χ1n) is 7.24. The lowest BCUT2D eigenvalue weighted by Gasteiger charge is -2.14. The number of ether oxygens (including phenoxy) is 1. The van der Waals surface area contributed by atoms with E-state index in [0.717, 1.165) is 0 Å². The van der Waals surface area contributed by atoms with E-state index in [4.69, 9.17) is 27.9 Å². The Labute approximate surface area is 148 Å². The number of aliphatic hydroxyl groups is 1. The molecule has 0 spiro atoms. The van der Waals surface area contributed by atoms with Gasteiger partial charge >= 0.3 is 0 Å². The SMILES string of the molecule is O=c1c2ccccc2ncn1CC(O)COc1ccc(Cl)cc1Cl. The van der Waals surface area contributed by atoms with Crippen LogP contribution in [0.2, 0.25) is 10.0 Å². The van der Waals surface area contributed by atoms with Crippen LogP contribution in [0.5, 0.6) is 5.75 Å². The van der Waals surface area contributed by atoms with E-state index in [-0.39, 0.29) is 18.7 Å². The molecular formula is C17H14Cl2N2O3. The summed E-state index contributed by atoms with van der Waals surface area (Å²) < 4.78 is 6.84. The van der Waals surface area contributed by atoms with Crippen LogP contribution in [0.3, 0.4) is 0 Å². The second-order valence-corrected chi connectivity index (χ2v) is 6.10. The molecule has 1 atom stereocenters. The molecule has 5 nitrogen and oxygen atoms in total. The zero-order valence-corrected chi connectivity index (χ0v) is 14.0. The maximum Gasteiger partial charge on any atom is 0.261 e. The van der Waals surface area contributed by atoms with Crippen LogP contribution in [-0.2, 0) is 6.54 Å². The number of fused-ring (bicyclic) bond motifs is 1. The molecule has 7 heteroatoms. The molecule has 1 heterocycles. The Bertz CT molecular complexity index is 927. The summed E-state index contributed by atoms with van der Waals surface area (Å²) in [4.78, 5) is 16.6. The minimum Gasteiger partial charge on any atom is -0.489 e. The molecule has 0 amide bonds. The Hall–Kier alpha value is -2.08. The molecule has 0 fully saturated rings. The van der Waals surface area contributed by atoms with Crippen molar-refractivity contribution in [2.45, 2.75) is 12.6 Å². The fourth-order valence-corrected chi connectivity index (χ4v) is 2.76. The average molecular weight is 365 g/mol. The van der Waals surface area contributed by atoms with Crippen molar-refractivity contribution >= 4 is 34.1 Å². The second-order valence-electron chi connectivity index (χ2n) is 5.26. The number of benzene rings is 2. The van der Waals surface area contributed by atoms with Crippen molar-refractivity contribution in [2.24, 2.45) is 0 Å². The first kappa shape index (κ1) is 16.8. The third-order valence-corrected chi connectivity index (χ3v) is 3.99. The Morgan fingerprint density at radius 2 is 2.00 bits per heavy atom. The van der Waals surface area contributed by atoms with Crippen molar-refractivity contribution < 1.29 is 9.84 Å². The number of hydrogen-bond donors (Lipinski definition) is 1. The quantitative estimate of drug-likeness (QED) is 0.755. The normalized spacial score (nSPS) is 12.3. The molecule has 3 rings (SSSR count). The fourth-order valence-electron chi connectivity index (χ4n) is 2.29. The van der Waals surface area contributed by atoms with E-state index < -0.39 is 6.10 Å². The highest BCUT2D eigenvalue weighted by Crippen LogP contribution is 2.27. The van der Waals surface area contributed by atoms with Crippen molar-refractivity contribution in [3.05, 3.63) is 69.2 Å². The summed E-state index contributed by atoms with van der Waals surface area (Å²) in [5, 5.41) is 11.5. The Kier molecular flexibility index (Phi) is 5.04. The highest BCUT2D eigenvalue weighted by Gasteiger charge is 2.11. The summed E-state index contributed by atoms with van der Waals surface area (Å²) in [6.07, 6.45) is 0.529. The Morgan fingerprint density at radius 3 is 2.79 bits per heavy atom. The van der Waals surface area contributed by atoms with Crippen molar-refractivity contribution in [1.82, 2.24) is 9.55 Å². The summed E-state index contributed by atoms with van der Waals surface area (Å²) in [6.45, 7) is 0.0580. The van der Waals surface area contributed by atoms with Gasteiger partial charge in [-0.3, -0.25) is 9.36 Å². The van der Waals surface area contributed by atoms with Gasteiger partial charge in [-0.15, -0.1) is 0 Å². The second kappa shape index (κ2) is 7.21. The van der Waals surface area contributed by atoms with Crippen LogP contribution < -0.4 is 10.3 Å². The summed E-state index contributed by atoms with van der Waals surface area (Å²) in [6, 6.07) is 11.9. The summed E-state index contributed by atoms with van der Waals surface area (Å²) in [5.74, 6) is 0.420. The molecular weight excluding hydrogens is 351 g/mol. The van der Waals surface area contributed by atoms with E-state index in [1.807, 2.05) is 6.07 Å². The first-order chi connectivity index (χ1) is 11.5. The molecule has 124 valence electrons. The van der Waals surface area contributed by atoms with Crippen LogP contribution >= 0.6 is 23.2 Å². The molecule has 3 aromatic rings. The standard InChI is InChI=1S/C17H14Cl2N2O3/c18-11-5-6-16(14(19)7-11)24-9-12(22)8-21-10-20-15-4-2-1-3-13(15)17(21)23/h1-7,10,12,22H,8-9H2. The Balaban J connectivity index is 1.70. The van der Waals surface area contributed by atoms with Crippen LogP contribution in [0.1, 0.15) is 0 Å². The van der Waals surface area contributed by atoms with Gasteiger partial charge in [0.25, 0.3) is 5.56 Å². The Morgan fingerprint density at radius 1 is 1.21 bits per heavy atom. The summed E-state index contributed by atoms with van der Waals surface area (Å²) >= 11 is 11.8. The van der Waals surface area contributed by atoms with Gasteiger partial charge in [-0.2, -0.15) is 0 Å². The lowest BCUT2D eigenvalue weighted by molar-refractivity contribution is 0.0915. The predicted octanol–water partition coefficient (Wildman–Crippen LogP) is 3.14. The molecule has 0 bridgehead atoms. The van der Waals surface area contributed by atoms with Gasteiger partial charge < -0.3 is 9.84 Å². The molecule has 0 saturated carbocycles. The van der Waals surface area contributed by atoms with E-state index in [9.17, 15) is 9.90 Å². The van der Waals surface area contributed by atoms with Gasteiger partial charge in [0.1, 0.15) is 18.5 Å². The van der Waals surface area contributed by atoms with Gasteiger partial charge in [-0.1, -0.05) is 35.3 Å². The van der Waals surface area contributed by atoms with Gasteiger partial charge in [-0.25, -0.2) is 4.98 Å². The van der Waals surface area contributed by atoms with Crippen molar-refractivity contribution in [2.75, 3.05) is 6.61 Å². The smallest absolute Gasteiger partial charge is 0.261 e. The molecule has 1 unspecified atom stereocenters. The van der Waals surface area contributed by atoms with Gasteiger partial charge in [0.05, 0.1) is 28.8 Å². The van der Waals surface area contributed by atoms with Crippen LogP contribution in [0.15, 0.2) is 53.6 Å². The monoisotopic (exact) mass is 364 g/mol. The van der Waals surface area contributed by atoms with Gasteiger partial charge in [-0.05, 0) is 30.3 Å². The molecule has 24 heavy (non-hydrogen) atoms. The number of aromatic nitrogens is 2.